The highest BCUT2D eigenvalue weighted by Gasteiger charge is 2.16. The molecule has 0 spiro atoms. The fourth-order valence-electron chi connectivity index (χ4n) is 1.30. The van der Waals surface area contributed by atoms with E-state index in [-0.39, 0.29) is 6.04 Å². The first kappa shape index (κ1) is 10.7. The van der Waals surface area contributed by atoms with Crippen LogP contribution in [0.25, 0.3) is 0 Å². The number of nitrogens with two attached hydrogens (primary N) is 1. The van der Waals surface area contributed by atoms with Crippen molar-refractivity contribution in [3.63, 3.8) is 0 Å². The van der Waals surface area contributed by atoms with Gasteiger partial charge in [-0.1, -0.05) is 0 Å². The quantitative estimate of drug-likeness (QED) is 0.697. The van der Waals surface area contributed by atoms with Crippen LogP contribution in [0.15, 0.2) is 6.20 Å². The number of aromatic nitrogens is 2. The molecule has 5 heteroatoms. The molecular formula is C9H15N3O2. The summed E-state index contributed by atoms with van der Waals surface area (Å²) in [6, 6.07) is 0.00241. The van der Waals surface area contributed by atoms with Crippen molar-refractivity contribution in [2.24, 2.45) is 12.8 Å². The average molecular weight is 197 g/mol. The molecule has 0 radical (unpaired) electrons. The van der Waals surface area contributed by atoms with Crippen molar-refractivity contribution in [1.82, 2.24) is 9.78 Å². The zero-order valence-corrected chi connectivity index (χ0v) is 8.65. The molecule has 0 unspecified atom stereocenters. The molecule has 14 heavy (non-hydrogen) atoms. The molecule has 0 aliphatic carbocycles. The standard InChI is InChI=1S/C9H15N3O2/c1-6(10)4-7-5-12(2)11-8(7)9(13)14-3/h5-6H,4,10H2,1-3H3/t6-/m1/s1. The molecule has 0 saturated heterocycles. The van der Waals surface area contributed by atoms with Crippen LogP contribution in [-0.4, -0.2) is 28.9 Å². The zero-order chi connectivity index (χ0) is 10.7. The molecule has 0 aliphatic heterocycles. The number of carbonyl (C=O) groups excluding carboxylic acids is 1. The lowest BCUT2D eigenvalue weighted by Crippen LogP contribution is -2.19. The van der Waals surface area contributed by atoms with E-state index in [2.05, 4.69) is 9.84 Å². The normalized spacial score (nSPS) is 12.6. The van der Waals surface area contributed by atoms with E-state index in [4.69, 9.17) is 5.73 Å². The average Bonchev–Trinajstić information content (AvgIpc) is 2.44. The molecule has 0 amide bonds. The van der Waals surface area contributed by atoms with Crippen LogP contribution in [0, 0.1) is 0 Å². The van der Waals surface area contributed by atoms with Crippen LogP contribution < -0.4 is 5.73 Å². The highest BCUT2D eigenvalue weighted by molar-refractivity contribution is 5.88. The molecular weight excluding hydrogens is 182 g/mol. The van der Waals surface area contributed by atoms with Gasteiger partial charge in [0.2, 0.25) is 0 Å². The Balaban J connectivity index is 2.96. The van der Waals surface area contributed by atoms with Gasteiger partial charge in [-0.25, -0.2) is 4.79 Å². The number of methoxy groups -OCH3 is 1. The van der Waals surface area contributed by atoms with E-state index in [0.717, 1.165) is 5.56 Å². The number of aryl methyl sites for hydroxylation is 1. The fourth-order valence-corrected chi connectivity index (χ4v) is 1.30. The highest BCUT2D eigenvalue weighted by Crippen LogP contribution is 2.09. The fraction of sp³-hybridized carbons (Fsp3) is 0.556. The maximum absolute atomic E-state index is 11.3. The Morgan fingerprint density at radius 2 is 2.43 bits per heavy atom. The van der Waals surface area contributed by atoms with Crippen molar-refractivity contribution >= 4 is 5.97 Å². The van der Waals surface area contributed by atoms with E-state index in [9.17, 15) is 4.79 Å². The third kappa shape index (κ3) is 2.32. The van der Waals surface area contributed by atoms with E-state index in [1.165, 1.54) is 7.11 Å². The van der Waals surface area contributed by atoms with Crippen molar-refractivity contribution in [3.8, 4) is 0 Å². The monoisotopic (exact) mass is 197 g/mol. The Kier molecular flexibility index (Phi) is 3.24. The molecule has 1 aromatic rings. The smallest absolute Gasteiger partial charge is 0.358 e. The van der Waals surface area contributed by atoms with Gasteiger partial charge in [0.05, 0.1) is 7.11 Å². The first-order valence-electron chi connectivity index (χ1n) is 4.41. The molecule has 0 aliphatic rings. The minimum atomic E-state index is -0.416. The lowest BCUT2D eigenvalue weighted by Gasteiger charge is -2.03. The van der Waals surface area contributed by atoms with Gasteiger partial charge in [0, 0.05) is 24.8 Å². The van der Waals surface area contributed by atoms with E-state index in [0.29, 0.717) is 12.1 Å². The predicted octanol–water partition coefficient (Wildman–Crippen LogP) is 0.0964. The highest BCUT2D eigenvalue weighted by atomic mass is 16.5. The largest absolute Gasteiger partial charge is 0.464 e. The van der Waals surface area contributed by atoms with Crippen molar-refractivity contribution in [2.75, 3.05) is 7.11 Å². The lowest BCUT2D eigenvalue weighted by molar-refractivity contribution is 0.0592. The SMILES string of the molecule is COC(=O)c1nn(C)cc1C[C@@H](C)N. The topological polar surface area (TPSA) is 70.1 Å². The maximum atomic E-state index is 11.3. The van der Waals surface area contributed by atoms with Gasteiger partial charge in [0.25, 0.3) is 0 Å². The number of carbonyl (C=O) groups is 1. The Labute approximate surface area is 82.8 Å². The predicted molar refractivity (Wildman–Crippen MR) is 51.9 cm³/mol. The van der Waals surface area contributed by atoms with Gasteiger partial charge in [-0.3, -0.25) is 4.68 Å². The Bertz CT molecular complexity index is 331. The van der Waals surface area contributed by atoms with E-state index in [1.807, 2.05) is 6.92 Å². The zero-order valence-electron chi connectivity index (χ0n) is 8.65. The molecule has 1 rings (SSSR count). The summed E-state index contributed by atoms with van der Waals surface area (Å²) in [5, 5.41) is 4.02. The second-order valence-corrected chi connectivity index (χ2v) is 3.35. The lowest BCUT2D eigenvalue weighted by atomic mass is 10.1. The Morgan fingerprint density at radius 1 is 1.79 bits per heavy atom. The molecule has 0 fully saturated rings. The summed E-state index contributed by atoms with van der Waals surface area (Å²) in [6.45, 7) is 1.88. The molecule has 5 nitrogen and oxygen atoms in total. The van der Waals surface area contributed by atoms with Crippen molar-refractivity contribution < 1.29 is 9.53 Å². The van der Waals surface area contributed by atoms with Gasteiger partial charge in [-0.15, -0.1) is 0 Å². The maximum Gasteiger partial charge on any atom is 0.358 e. The van der Waals surface area contributed by atoms with Crippen LogP contribution >= 0.6 is 0 Å². The molecule has 1 heterocycles. The number of ether oxygens (including phenoxy) is 1. The second-order valence-electron chi connectivity index (χ2n) is 3.35. The minimum absolute atomic E-state index is 0.00241. The van der Waals surface area contributed by atoms with Gasteiger partial charge in [0.15, 0.2) is 5.69 Å². The van der Waals surface area contributed by atoms with Crippen LogP contribution in [-0.2, 0) is 18.2 Å². The summed E-state index contributed by atoms with van der Waals surface area (Å²) in [4.78, 5) is 11.3. The first-order valence-corrected chi connectivity index (χ1v) is 4.41. The molecule has 1 atom stereocenters. The van der Waals surface area contributed by atoms with E-state index in [1.54, 1.807) is 17.9 Å². The van der Waals surface area contributed by atoms with Crippen LogP contribution in [0.5, 0.6) is 0 Å². The van der Waals surface area contributed by atoms with Crippen molar-refractivity contribution in [3.05, 3.63) is 17.5 Å². The van der Waals surface area contributed by atoms with Crippen LogP contribution in [0.4, 0.5) is 0 Å². The Morgan fingerprint density at radius 3 is 2.93 bits per heavy atom. The van der Waals surface area contributed by atoms with E-state index >= 15 is 0 Å². The molecule has 0 bridgehead atoms. The number of esters is 1. The van der Waals surface area contributed by atoms with E-state index < -0.39 is 5.97 Å². The number of hydrogen-bond acceptors (Lipinski definition) is 4. The summed E-state index contributed by atoms with van der Waals surface area (Å²) in [6.07, 6.45) is 2.41. The van der Waals surface area contributed by atoms with Crippen molar-refractivity contribution in [2.45, 2.75) is 19.4 Å². The first-order chi connectivity index (χ1) is 6.54. The van der Waals surface area contributed by atoms with Gasteiger partial charge in [-0.2, -0.15) is 5.10 Å². The summed E-state index contributed by atoms with van der Waals surface area (Å²) in [5.74, 6) is -0.416. The number of nitrogens with zero attached hydrogens (tertiary/aromatic N) is 2. The third-order valence-electron chi connectivity index (χ3n) is 1.83. The van der Waals surface area contributed by atoms with Crippen LogP contribution in [0.2, 0.25) is 0 Å². The molecule has 0 aromatic carbocycles. The number of hydrogen-bond donors (Lipinski definition) is 1. The Hall–Kier alpha value is -1.36. The van der Waals surface area contributed by atoms with Crippen LogP contribution in [0.1, 0.15) is 23.0 Å². The molecule has 78 valence electrons. The molecule has 0 saturated carbocycles. The van der Waals surface area contributed by atoms with Gasteiger partial charge in [0.1, 0.15) is 0 Å². The second kappa shape index (κ2) is 4.23. The van der Waals surface area contributed by atoms with Gasteiger partial charge in [-0.05, 0) is 13.3 Å². The summed E-state index contributed by atoms with van der Waals surface area (Å²) >= 11 is 0. The molecule has 1 aromatic heterocycles. The molecule has 2 N–H and O–H groups in total. The summed E-state index contributed by atoms with van der Waals surface area (Å²) < 4.78 is 6.20. The summed E-state index contributed by atoms with van der Waals surface area (Å²) in [7, 11) is 3.10. The number of rotatable bonds is 3. The van der Waals surface area contributed by atoms with Gasteiger partial charge < -0.3 is 10.5 Å². The summed E-state index contributed by atoms with van der Waals surface area (Å²) in [5.41, 5.74) is 6.84. The van der Waals surface area contributed by atoms with Crippen LogP contribution in [0.3, 0.4) is 0 Å². The van der Waals surface area contributed by atoms with Crippen molar-refractivity contribution in [1.29, 1.82) is 0 Å². The minimum Gasteiger partial charge on any atom is -0.464 e. The van der Waals surface area contributed by atoms with Gasteiger partial charge >= 0.3 is 5.97 Å². The third-order valence-corrected chi connectivity index (χ3v) is 1.83.